The topological polar surface area (TPSA) is 93.7 Å². The number of anilines is 1. The van der Waals surface area contributed by atoms with E-state index < -0.39 is 17.1 Å². The number of aromatic nitrogens is 2. The van der Waals surface area contributed by atoms with Crippen LogP contribution in [0, 0.1) is 12.8 Å². The Morgan fingerprint density at radius 2 is 2.15 bits per heavy atom. The third-order valence-corrected chi connectivity index (χ3v) is 4.76. The van der Waals surface area contributed by atoms with Gasteiger partial charge in [0.05, 0.1) is 6.20 Å². The molecule has 3 aromatic heterocycles. The number of hydrogen-bond acceptors (Lipinski definition) is 6. The van der Waals surface area contributed by atoms with E-state index in [9.17, 15) is 14.4 Å². The second-order valence-corrected chi connectivity index (χ2v) is 7.35. The lowest BCUT2D eigenvalue weighted by Crippen LogP contribution is -2.27. The Labute approximate surface area is 153 Å². The third kappa shape index (κ3) is 3.60. The van der Waals surface area contributed by atoms with Crippen molar-refractivity contribution < 1.29 is 9.21 Å². The van der Waals surface area contributed by atoms with Gasteiger partial charge < -0.3 is 9.73 Å². The summed E-state index contributed by atoms with van der Waals surface area (Å²) in [6.45, 7) is 5.85. The molecule has 0 aliphatic heterocycles. The molecule has 0 spiro atoms. The first kappa shape index (κ1) is 18.1. The average molecular weight is 373 g/mol. The molecule has 0 aliphatic carbocycles. The Balaban J connectivity index is 1.88. The van der Waals surface area contributed by atoms with Gasteiger partial charge in [-0.2, -0.15) is 0 Å². The van der Waals surface area contributed by atoms with Crippen LogP contribution >= 0.6 is 11.3 Å². The molecule has 0 fully saturated rings. The number of rotatable bonds is 5. The fourth-order valence-electron chi connectivity index (χ4n) is 2.60. The van der Waals surface area contributed by atoms with Gasteiger partial charge in [0, 0.05) is 18.0 Å². The summed E-state index contributed by atoms with van der Waals surface area (Å²) in [6, 6.07) is 1.70. The van der Waals surface area contributed by atoms with Crippen LogP contribution in [0.5, 0.6) is 0 Å². The van der Waals surface area contributed by atoms with Gasteiger partial charge in [-0.15, -0.1) is 11.3 Å². The van der Waals surface area contributed by atoms with E-state index in [0.717, 1.165) is 6.42 Å². The molecular formula is C18H19N3O4S. The normalized spacial score (nSPS) is 11.2. The molecule has 0 unspecified atom stereocenters. The second kappa shape index (κ2) is 7.25. The van der Waals surface area contributed by atoms with Crippen molar-refractivity contribution in [3.05, 3.63) is 61.5 Å². The molecule has 7 nitrogen and oxygen atoms in total. The van der Waals surface area contributed by atoms with Crippen LogP contribution in [-0.2, 0) is 6.42 Å². The van der Waals surface area contributed by atoms with E-state index in [1.54, 1.807) is 24.6 Å². The fraction of sp³-hybridized carbons (Fsp3) is 0.333. The van der Waals surface area contributed by atoms with Gasteiger partial charge in [0.1, 0.15) is 17.0 Å². The summed E-state index contributed by atoms with van der Waals surface area (Å²) in [5.41, 5.74) is -0.685. The molecule has 0 radical (unpaired) electrons. The fourth-order valence-corrected chi connectivity index (χ4v) is 3.27. The number of nitrogens with zero attached hydrogens (tertiary/aromatic N) is 2. The zero-order valence-electron chi connectivity index (χ0n) is 14.7. The summed E-state index contributed by atoms with van der Waals surface area (Å²) in [6.07, 6.45) is 4.39. The molecule has 0 bridgehead atoms. The summed E-state index contributed by atoms with van der Waals surface area (Å²) in [5, 5.41) is 4.20. The highest BCUT2D eigenvalue weighted by Crippen LogP contribution is 2.13. The van der Waals surface area contributed by atoms with Crippen LogP contribution in [0.2, 0.25) is 0 Å². The molecule has 26 heavy (non-hydrogen) atoms. The lowest BCUT2D eigenvalue weighted by molar-refractivity contribution is 0.102. The van der Waals surface area contributed by atoms with Crippen molar-refractivity contribution >= 4 is 27.9 Å². The van der Waals surface area contributed by atoms with E-state index in [2.05, 4.69) is 24.1 Å². The lowest BCUT2D eigenvalue weighted by atomic mass is 10.0. The maximum absolute atomic E-state index is 12.5. The highest BCUT2D eigenvalue weighted by molar-refractivity contribution is 7.15. The molecule has 0 saturated heterocycles. The van der Waals surface area contributed by atoms with E-state index in [1.807, 2.05) is 0 Å². The molecule has 8 heteroatoms. The van der Waals surface area contributed by atoms with E-state index in [0.29, 0.717) is 28.6 Å². The molecule has 3 heterocycles. The molecule has 0 aromatic carbocycles. The first-order valence-electron chi connectivity index (χ1n) is 8.26. The van der Waals surface area contributed by atoms with Crippen molar-refractivity contribution in [2.75, 3.05) is 5.32 Å². The predicted molar refractivity (Wildman–Crippen MR) is 100 cm³/mol. The number of nitrogens with one attached hydrogen (secondary N) is 1. The SMILES string of the molecule is Cc1cc(CCC(C)C)oc(=O)c1C(=O)Nc1cnc2sccn2c1=O. The van der Waals surface area contributed by atoms with Crippen LogP contribution in [0.4, 0.5) is 5.69 Å². The zero-order chi connectivity index (χ0) is 18.8. The van der Waals surface area contributed by atoms with Crippen molar-refractivity contribution in [2.24, 2.45) is 5.92 Å². The highest BCUT2D eigenvalue weighted by Gasteiger charge is 2.19. The Morgan fingerprint density at radius 3 is 2.85 bits per heavy atom. The summed E-state index contributed by atoms with van der Waals surface area (Å²) in [4.78, 5) is 41.8. The van der Waals surface area contributed by atoms with Gasteiger partial charge in [-0.3, -0.25) is 14.0 Å². The molecule has 1 N–H and O–H groups in total. The van der Waals surface area contributed by atoms with Gasteiger partial charge in [0.15, 0.2) is 4.96 Å². The van der Waals surface area contributed by atoms with Crippen molar-refractivity contribution in [1.82, 2.24) is 9.38 Å². The molecule has 0 aliphatic rings. The third-order valence-electron chi connectivity index (χ3n) is 3.99. The van der Waals surface area contributed by atoms with Gasteiger partial charge in [0.25, 0.3) is 11.5 Å². The summed E-state index contributed by atoms with van der Waals surface area (Å²) in [7, 11) is 0. The molecule has 3 rings (SSSR count). The smallest absolute Gasteiger partial charge is 0.349 e. The minimum Gasteiger partial charge on any atom is -0.427 e. The Bertz CT molecular complexity index is 1080. The zero-order valence-corrected chi connectivity index (χ0v) is 15.6. The van der Waals surface area contributed by atoms with Crippen LogP contribution in [0.25, 0.3) is 4.96 Å². The van der Waals surface area contributed by atoms with Gasteiger partial charge >= 0.3 is 5.63 Å². The molecular weight excluding hydrogens is 354 g/mol. The van der Waals surface area contributed by atoms with Crippen molar-refractivity contribution in [1.29, 1.82) is 0 Å². The Morgan fingerprint density at radius 1 is 1.38 bits per heavy atom. The van der Waals surface area contributed by atoms with Crippen LogP contribution in [-0.4, -0.2) is 15.3 Å². The quantitative estimate of drug-likeness (QED) is 0.742. The number of carbonyl (C=O) groups is 1. The number of carbonyl (C=O) groups excluding carboxylic acids is 1. The predicted octanol–water partition coefficient (Wildman–Crippen LogP) is 2.86. The first-order chi connectivity index (χ1) is 12.4. The average Bonchev–Trinajstić information content (AvgIpc) is 3.04. The minimum atomic E-state index is -0.703. The largest absolute Gasteiger partial charge is 0.427 e. The Kier molecular flexibility index (Phi) is 5.03. The summed E-state index contributed by atoms with van der Waals surface area (Å²) < 4.78 is 6.61. The van der Waals surface area contributed by atoms with Crippen LogP contribution in [0.1, 0.15) is 41.9 Å². The summed E-state index contributed by atoms with van der Waals surface area (Å²) >= 11 is 1.31. The number of thiazole rings is 1. The van der Waals surface area contributed by atoms with Crippen molar-refractivity contribution in [3.8, 4) is 0 Å². The lowest BCUT2D eigenvalue weighted by Gasteiger charge is -2.08. The highest BCUT2D eigenvalue weighted by atomic mass is 32.1. The summed E-state index contributed by atoms with van der Waals surface area (Å²) in [5.74, 6) is 0.357. The van der Waals surface area contributed by atoms with Gasteiger partial charge in [0.2, 0.25) is 0 Å². The maximum atomic E-state index is 12.5. The molecule has 3 aromatic rings. The maximum Gasteiger partial charge on any atom is 0.349 e. The molecule has 1 amide bonds. The van der Waals surface area contributed by atoms with Gasteiger partial charge in [-0.1, -0.05) is 13.8 Å². The van der Waals surface area contributed by atoms with Gasteiger partial charge in [-0.25, -0.2) is 9.78 Å². The van der Waals surface area contributed by atoms with E-state index in [1.165, 1.54) is 21.9 Å². The standard InChI is InChI=1S/C18H19N3O4S/c1-10(2)4-5-12-8-11(3)14(17(24)25-12)15(22)20-13-9-19-18-21(16(13)23)6-7-26-18/h6-10H,4-5H2,1-3H3,(H,20,22). The van der Waals surface area contributed by atoms with Crippen molar-refractivity contribution in [2.45, 2.75) is 33.6 Å². The van der Waals surface area contributed by atoms with E-state index in [-0.39, 0.29) is 11.3 Å². The second-order valence-electron chi connectivity index (χ2n) is 6.48. The Hall–Kier alpha value is -2.74. The minimum absolute atomic E-state index is 0.00795. The number of hydrogen-bond donors (Lipinski definition) is 1. The monoisotopic (exact) mass is 373 g/mol. The molecule has 136 valence electrons. The van der Waals surface area contributed by atoms with Crippen molar-refractivity contribution in [3.63, 3.8) is 0 Å². The van der Waals surface area contributed by atoms with Gasteiger partial charge in [-0.05, 0) is 30.9 Å². The van der Waals surface area contributed by atoms with Crippen LogP contribution in [0.15, 0.2) is 37.8 Å². The van der Waals surface area contributed by atoms with Crippen LogP contribution in [0.3, 0.4) is 0 Å². The van der Waals surface area contributed by atoms with E-state index >= 15 is 0 Å². The number of fused-ring (bicyclic) bond motifs is 1. The number of amides is 1. The van der Waals surface area contributed by atoms with E-state index in [4.69, 9.17) is 4.42 Å². The van der Waals surface area contributed by atoms with Crippen LogP contribution < -0.4 is 16.5 Å². The molecule has 0 saturated carbocycles. The first-order valence-corrected chi connectivity index (χ1v) is 9.14. The number of aryl methyl sites for hydroxylation is 2. The molecule has 0 atom stereocenters.